The fourth-order valence-corrected chi connectivity index (χ4v) is 4.72. The Kier molecular flexibility index (Phi) is 6.74. The summed E-state index contributed by atoms with van der Waals surface area (Å²) in [6.07, 6.45) is 3.74. The molecule has 1 aliphatic rings. The minimum atomic E-state index is -0.212. The summed E-state index contributed by atoms with van der Waals surface area (Å²) in [5.74, 6) is 0.230. The SMILES string of the molecule is CC(C)Nc1nc2c(c(=O)n1-c1ccc(-n3ccnn3)cc1)C[C@@H](C)N(C(=O)c1ccc(Cl)c(Cl)c1)C2. The number of rotatable bonds is 5. The van der Waals surface area contributed by atoms with Gasteiger partial charge in [0.25, 0.3) is 11.5 Å². The van der Waals surface area contributed by atoms with Crippen LogP contribution in [0.25, 0.3) is 11.4 Å². The summed E-state index contributed by atoms with van der Waals surface area (Å²) in [6.45, 7) is 6.09. The Labute approximate surface area is 223 Å². The molecule has 1 atom stereocenters. The van der Waals surface area contributed by atoms with Crippen molar-refractivity contribution in [1.29, 1.82) is 0 Å². The van der Waals surface area contributed by atoms with E-state index < -0.39 is 0 Å². The molecule has 1 amide bonds. The van der Waals surface area contributed by atoms with Crippen LogP contribution in [0, 0.1) is 0 Å². The molecule has 4 aromatic rings. The number of carbonyl (C=O) groups is 1. The number of halogens is 2. The van der Waals surface area contributed by atoms with Gasteiger partial charge >= 0.3 is 0 Å². The van der Waals surface area contributed by atoms with E-state index in [0.717, 1.165) is 5.69 Å². The number of anilines is 1. The first-order valence-corrected chi connectivity index (χ1v) is 12.6. The van der Waals surface area contributed by atoms with E-state index in [4.69, 9.17) is 28.2 Å². The molecule has 0 unspecified atom stereocenters. The van der Waals surface area contributed by atoms with Crippen LogP contribution in [0.4, 0.5) is 5.95 Å². The number of aromatic nitrogens is 5. The maximum Gasteiger partial charge on any atom is 0.263 e. The number of hydrogen-bond donors (Lipinski definition) is 1. The van der Waals surface area contributed by atoms with Gasteiger partial charge in [0.05, 0.1) is 46.1 Å². The summed E-state index contributed by atoms with van der Waals surface area (Å²) in [7, 11) is 0. The molecule has 0 bridgehead atoms. The first-order chi connectivity index (χ1) is 17.7. The van der Waals surface area contributed by atoms with Crippen LogP contribution in [0.15, 0.2) is 59.7 Å². The van der Waals surface area contributed by atoms with Crippen LogP contribution in [0.5, 0.6) is 0 Å². The number of nitrogens with one attached hydrogen (secondary N) is 1. The molecule has 5 rings (SSSR count). The van der Waals surface area contributed by atoms with Crippen LogP contribution in [0.2, 0.25) is 10.0 Å². The van der Waals surface area contributed by atoms with Crippen molar-refractivity contribution in [2.75, 3.05) is 5.32 Å². The molecule has 0 saturated heterocycles. The fourth-order valence-electron chi connectivity index (χ4n) is 4.42. The zero-order valence-electron chi connectivity index (χ0n) is 20.5. The van der Waals surface area contributed by atoms with E-state index in [9.17, 15) is 9.59 Å². The average Bonchev–Trinajstić information content (AvgIpc) is 3.41. The number of nitrogens with zero attached hydrogens (tertiary/aromatic N) is 6. The molecule has 0 saturated carbocycles. The first kappa shape index (κ1) is 25.0. The Hall–Kier alpha value is -3.69. The normalized spacial score (nSPS) is 15.1. The van der Waals surface area contributed by atoms with Crippen molar-refractivity contribution in [3.05, 3.63) is 92.1 Å². The Morgan fingerprint density at radius 1 is 1.08 bits per heavy atom. The van der Waals surface area contributed by atoms with E-state index in [1.54, 1.807) is 44.7 Å². The highest BCUT2D eigenvalue weighted by atomic mass is 35.5. The molecule has 0 aliphatic carbocycles. The monoisotopic (exact) mass is 537 g/mol. The van der Waals surface area contributed by atoms with E-state index >= 15 is 0 Å². The van der Waals surface area contributed by atoms with E-state index in [1.807, 2.05) is 45.0 Å². The fraction of sp³-hybridized carbons (Fsp3) is 0.269. The van der Waals surface area contributed by atoms with Gasteiger partial charge in [-0.2, -0.15) is 0 Å². The molecular weight excluding hydrogens is 513 g/mol. The second kappa shape index (κ2) is 9.99. The van der Waals surface area contributed by atoms with Gasteiger partial charge in [-0.15, -0.1) is 5.10 Å². The van der Waals surface area contributed by atoms with Gasteiger partial charge in [0.1, 0.15) is 0 Å². The van der Waals surface area contributed by atoms with Crippen molar-refractivity contribution in [1.82, 2.24) is 29.4 Å². The summed E-state index contributed by atoms with van der Waals surface area (Å²) in [4.78, 5) is 33.7. The van der Waals surface area contributed by atoms with Gasteiger partial charge in [0.15, 0.2) is 0 Å². The molecule has 9 nitrogen and oxygen atoms in total. The van der Waals surface area contributed by atoms with Crippen molar-refractivity contribution < 1.29 is 4.79 Å². The molecule has 2 aromatic heterocycles. The van der Waals surface area contributed by atoms with E-state index in [0.29, 0.717) is 44.9 Å². The third-order valence-electron chi connectivity index (χ3n) is 6.25. The molecule has 0 fully saturated rings. The van der Waals surface area contributed by atoms with Gasteiger partial charge in [0.2, 0.25) is 5.95 Å². The van der Waals surface area contributed by atoms with Crippen LogP contribution in [-0.2, 0) is 13.0 Å². The third kappa shape index (κ3) is 4.84. The Morgan fingerprint density at radius 3 is 2.46 bits per heavy atom. The lowest BCUT2D eigenvalue weighted by Crippen LogP contribution is -2.46. The molecule has 1 N–H and O–H groups in total. The van der Waals surface area contributed by atoms with Crippen LogP contribution < -0.4 is 10.9 Å². The minimum absolute atomic E-state index is 0.0297. The summed E-state index contributed by atoms with van der Waals surface area (Å²) in [6, 6.07) is 12.1. The minimum Gasteiger partial charge on any atom is -0.353 e. The highest BCUT2D eigenvalue weighted by Gasteiger charge is 2.32. The molecule has 190 valence electrons. The standard InChI is InChI=1S/C26H25Cl2N7O2/c1-15(2)30-26-31-23-14-33(24(36)17-4-9-21(27)22(28)13-17)16(3)12-20(23)25(37)35(26)19-7-5-18(6-8-19)34-11-10-29-32-34/h4-11,13,15-16H,12,14H2,1-3H3,(H,30,31)/t16-/m1/s1. The smallest absolute Gasteiger partial charge is 0.263 e. The van der Waals surface area contributed by atoms with Gasteiger partial charge in [-0.3, -0.25) is 9.59 Å². The summed E-state index contributed by atoms with van der Waals surface area (Å²) >= 11 is 12.2. The topological polar surface area (TPSA) is 97.9 Å². The molecule has 0 radical (unpaired) electrons. The second-order valence-corrected chi connectivity index (χ2v) is 10.1. The highest BCUT2D eigenvalue weighted by molar-refractivity contribution is 6.42. The quantitative estimate of drug-likeness (QED) is 0.401. The van der Waals surface area contributed by atoms with Crippen molar-refractivity contribution in [2.45, 2.75) is 45.8 Å². The third-order valence-corrected chi connectivity index (χ3v) is 6.99. The Balaban J connectivity index is 1.54. The molecular formula is C26H25Cl2N7O2. The molecule has 1 aliphatic heterocycles. The summed E-state index contributed by atoms with van der Waals surface area (Å²) in [5.41, 5.74) is 2.95. The average molecular weight is 538 g/mol. The zero-order valence-corrected chi connectivity index (χ0v) is 22.0. The van der Waals surface area contributed by atoms with Gasteiger partial charge in [0, 0.05) is 23.2 Å². The van der Waals surface area contributed by atoms with E-state index in [-0.39, 0.29) is 30.1 Å². The number of hydrogen-bond acceptors (Lipinski definition) is 6. The Morgan fingerprint density at radius 2 is 1.81 bits per heavy atom. The number of carbonyl (C=O) groups excluding carboxylic acids is 1. The Bertz CT molecular complexity index is 1520. The largest absolute Gasteiger partial charge is 0.353 e. The van der Waals surface area contributed by atoms with Crippen molar-refractivity contribution in [3.63, 3.8) is 0 Å². The maximum atomic E-state index is 13.8. The highest BCUT2D eigenvalue weighted by Crippen LogP contribution is 2.27. The van der Waals surface area contributed by atoms with Gasteiger partial charge in [-0.1, -0.05) is 28.4 Å². The van der Waals surface area contributed by atoms with Crippen molar-refractivity contribution in [3.8, 4) is 11.4 Å². The molecule has 37 heavy (non-hydrogen) atoms. The van der Waals surface area contributed by atoms with E-state index in [2.05, 4.69) is 15.6 Å². The predicted molar refractivity (Wildman–Crippen MR) is 143 cm³/mol. The molecule has 2 aromatic carbocycles. The lowest BCUT2D eigenvalue weighted by Gasteiger charge is -2.34. The van der Waals surface area contributed by atoms with Crippen LogP contribution in [-0.4, -0.2) is 47.4 Å². The first-order valence-electron chi connectivity index (χ1n) is 11.9. The lowest BCUT2D eigenvalue weighted by atomic mass is 9.98. The van der Waals surface area contributed by atoms with Crippen LogP contribution in [0.1, 0.15) is 42.4 Å². The van der Waals surface area contributed by atoms with Crippen LogP contribution in [0.3, 0.4) is 0 Å². The summed E-state index contributed by atoms with van der Waals surface area (Å²) < 4.78 is 3.24. The number of fused-ring (bicyclic) bond motifs is 1. The van der Waals surface area contributed by atoms with Gasteiger partial charge in [-0.25, -0.2) is 14.2 Å². The van der Waals surface area contributed by atoms with Gasteiger partial charge in [-0.05, 0) is 69.7 Å². The maximum absolute atomic E-state index is 13.8. The second-order valence-electron chi connectivity index (χ2n) is 9.28. The number of benzene rings is 2. The van der Waals surface area contributed by atoms with Crippen LogP contribution >= 0.6 is 23.2 Å². The summed E-state index contributed by atoms with van der Waals surface area (Å²) in [5, 5.41) is 11.8. The van der Waals surface area contributed by atoms with E-state index in [1.165, 1.54) is 0 Å². The molecule has 0 spiro atoms. The van der Waals surface area contributed by atoms with Crippen molar-refractivity contribution >= 4 is 35.1 Å². The molecule has 11 heteroatoms. The lowest BCUT2D eigenvalue weighted by molar-refractivity contribution is 0.0653. The van der Waals surface area contributed by atoms with Crippen molar-refractivity contribution in [2.24, 2.45) is 0 Å². The number of amides is 1. The zero-order chi connectivity index (χ0) is 26.3. The predicted octanol–water partition coefficient (Wildman–Crippen LogP) is 4.53. The van der Waals surface area contributed by atoms with Gasteiger partial charge < -0.3 is 10.2 Å². The molecule has 3 heterocycles.